The normalized spacial score (nSPS) is 25.8. The number of hydrogen-bond donors (Lipinski definition) is 0. The fraction of sp³-hybridized carbons (Fsp3) is 0.267. The lowest BCUT2D eigenvalue weighted by Gasteiger charge is -2.39. The van der Waals surface area contributed by atoms with Crippen molar-refractivity contribution in [1.82, 2.24) is 0 Å². The van der Waals surface area contributed by atoms with Crippen LogP contribution in [0, 0.1) is 0 Å². The molecule has 0 bridgehead atoms. The first-order valence-electron chi connectivity index (χ1n) is 6.39. The Morgan fingerprint density at radius 2 is 1.74 bits per heavy atom. The van der Waals surface area contributed by atoms with E-state index in [1.165, 1.54) is 6.92 Å². The Balaban J connectivity index is 2.64. The standard InChI is InChI=1S/C15H10Cl5NO2/c1-14(18)11(21-13(23)8-5-3-2-4-6-8)9(7-16)10(17)12(22)15(14,19)20/h2-6H,7H2,1H3. The second-order valence-electron chi connectivity index (χ2n) is 4.96. The van der Waals surface area contributed by atoms with Crippen LogP contribution in [0.2, 0.25) is 0 Å². The van der Waals surface area contributed by atoms with Crippen molar-refractivity contribution in [3.63, 3.8) is 0 Å². The van der Waals surface area contributed by atoms with E-state index >= 15 is 0 Å². The van der Waals surface area contributed by atoms with Crippen LogP contribution in [0.4, 0.5) is 0 Å². The molecule has 0 aliphatic heterocycles. The summed E-state index contributed by atoms with van der Waals surface area (Å²) in [4.78, 5) is 26.9. The zero-order valence-corrected chi connectivity index (χ0v) is 15.5. The van der Waals surface area contributed by atoms with E-state index in [0.29, 0.717) is 5.56 Å². The third-order valence-corrected chi connectivity index (χ3v) is 5.86. The fourth-order valence-corrected chi connectivity index (χ4v) is 3.40. The lowest BCUT2D eigenvalue weighted by molar-refractivity contribution is -0.116. The Labute approximate surface area is 158 Å². The summed E-state index contributed by atoms with van der Waals surface area (Å²) in [5.74, 6) is -1.52. The van der Waals surface area contributed by atoms with Gasteiger partial charge in [0.05, 0.1) is 16.6 Å². The predicted octanol–water partition coefficient (Wildman–Crippen LogP) is 4.75. The molecule has 1 aliphatic rings. The third kappa shape index (κ3) is 3.18. The highest BCUT2D eigenvalue weighted by Gasteiger charge is 2.59. The second-order valence-corrected chi connectivity index (χ2v) is 7.69. The molecule has 0 saturated carbocycles. The molecule has 0 N–H and O–H groups in total. The van der Waals surface area contributed by atoms with Gasteiger partial charge in [-0.05, 0) is 19.1 Å². The number of carbonyl (C=O) groups is 2. The van der Waals surface area contributed by atoms with Crippen LogP contribution in [0.15, 0.2) is 45.9 Å². The first kappa shape index (κ1) is 18.8. The molecule has 1 aliphatic carbocycles. The number of halogens is 5. The predicted molar refractivity (Wildman–Crippen MR) is 95.5 cm³/mol. The molecule has 0 heterocycles. The van der Waals surface area contributed by atoms with Gasteiger partial charge in [0, 0.05) is 11.1 Å². The summed E-state index contributed by atoms with van der Waals surface area (Å²) in [6.07, 6.45) is 0. The molecule has 0 fully saturated rings. The van der Waals surface area contributed by atoms with Gasteiger partial charge < -0.3 is 0 Å². The van der Waals surface area contributed by atoms with Crippen molar-refractivity contribution in [1.29, 1.82) is 0 Å². The molecule has 0 saturated heterocycles. The largest absolute Gasteiger partial charge is 0.290 e. The van der Waals surface area contributed by atoms with Crippen molar-refractivity contribution in [3.8, 4) is 0 Å². The number of amides is 1. The van der Waals surface area contributed by atoms with E-state index in [1.54, 1.807) is 30.3 Å². The van der Waals surface area contributed by atoms with Crippen molar-refractivity contribution < 1.29 is 9.59 Å². The minimum atomic E-state index is -2.07. The number of ketones is 1. The summed E-state index contributed by atoms with van der Waals surface area (Å²) in [7, 11) is 0. The highest BCUT2D eigenvalue weighted by molar-refractivity contribution is 6.72. The smallest absolute Gasteiger partial charge is 0.277 e. The molecular formula is C15H10Cl5NO2. The minimum absolute atomic E-state index is 0.0161. The van der Waals surface area contributed by atoms with Crippen LogP contribution in [0.25, 0.3) is 0 Å². The van der Waals surface area contributed by atoms with Gasteiger partial charge in [-0.2, -0.15) is 0 Å². The number of Topliss-reactive ketones (excluding diaryl/α,β-unsaturated/α-hetero) is 1. The highest BCUT2D eigenvalue weighted by atomic mass is 35.5. The monoisotopic (exact) mass is 411 g/mol. The van der Waals surface area contributed by atoms with Crippen LogP contribution >= 0.6 is 58.0 Å². The van der Waals surface area contributed by atoms with E-state index in [2.05, 4.69) is 4.99 Å². The van der Waals surface area contributed by atoms with Crippen LogP contribution < -0.4 is 0 Å². The molecule has 0 spiro atoms. The first-order chi connectivity index (χ1) is 10.6. The molecule has 23 heavy (non-hydrogen) atoms. The van der Waals surface area contributed by atoms with E-state index in [0.717, 1.165) is 0 Å². The van der Waals surface area contributed by atoms with E-state index in [9.17, 15) is 9.59 Å². The number of nitrogens with zero attached hydrogens (tertiary/aromatic N) is 1. The van der Waals surface area contributed by atoms with Gasteiger partial charge in [0.25, 0.3) is 5.91 Å². The Morgan fingerprint density at radius 1 is 1.17 bits per heavy atom. The number of allylic oxidation sites excluding steroid dienone is 2. The van der Waals surface area contributed by atoms with E-state index in [1.807, 2.05) is 0 Å². The second kappa shape index (κ2) is 6.73. The molecule has 3 nitrogen and oxygen atoms in total. The van der Waals surface area contributed by atoms with Crippen molar-refractivity contribution >= 4 is 75.4 Å². The lowest BCUT2D eigenvalue weighted by atomic mass is 9.85. The van der Waals surface area contributed by atoms with Gasteiger partial charge in [0.1, 0.15) is 4.87 Å². The maximum Gasteiger partial charge on any atom is 0.277 e. The van der Waals surface area contributed by atoms with Crippen LogP contribution in [-0.4, -0.2) is 32.5 Å². The Morgan fingerprint density at radius 3 is 2.26 bits per heavy atom. The molecule has 8 heteroatoms. The Hall–Kier alpha value is -0.580. The van der Waals surface area contributed by atoms with Crippen LogP contribution in [0.3, 0.4) is 0 Å². The van der Waals surface area contributed by atoms with Crippen molar-refractivity contribution in [3.05, 3.63) is 46.5 Å². The molecule has 1 unspecified atom stereocenters. The molecule has 1 aromatic rings. The first-order valence-corrected chi connectivity index (χ1v) is 8.44. The van der Waals surface area contributed by atoms with Gasteiger partial charge in [0.15, 0.2) is 0 Å². The highest BCUT2D eigenvalue weighted by Crippen LogP contribution is 2.48. The third-order valence-electron chi connectivity index (χ3n) is 3.44. The van der Waals surface area contributed by atoms with Crippen LogP contribution in [0.5, 0.6) is 0 Å². The summed E-state index contributed by atoms with van der Waals surface area (Å²) in [5, 5.41) is -0.275. The van der Waals surface area contributed by atoms with Crippen LogP contribution in [0.1, 0.15) is 17.3 Å². The number of aliphatic imine (C=N–C) groups is 1. The van der Waals surface area contributed by atoms with Gasteiger partial charge in [-0.1, -0.05) is 53.0 Å². The van der Waals surface area contributed by atoms with Gasteiger partial charge in [-0.3, -0.25) is 9.59 Å². The number of carbonyl (C=O) groups excluding carboxylic acids is 2. The van der Waals surface area contributed by atoms with Gasteiger partial charge in [0.2, 0.25) is 10.1 Å². The Kier molecular flexibility index (Phi) is 5.49. The quantitative estimate of drug-likeness (QED) is 0.657. The molecule has 1 atom stereocenters. The van der Waals surface area contributed by atoms with Crippen molar-refractivity contribution in [2.45, 2.75) is 16.1 Å². The number of benzene rings is 1. The van der Waals surface area contributed by atoms with E-state index < -0.39 is 20.9 Å². The molecular weight excluding hydrogens is 403 g/mol. The summed E-state index contributed by atoms with van der Waals surface area (Å²) < 4.78 is -2.07. The maximum absolute atomic E-state index is 12.3. The molecule has 2 rings (SSSR count). The van der Waals surface area contributed by atoms with E-state index in [4.69, 9.17) is 58.0 Å². The summed E-state index contributed by atoms with van der Waals surface area (Å²) in [5.41, 5.74) is 0.457. The molecule has 0 radical (unpaired) electrons. The molecule has 1 amide bonds. The topological polar surface area (TPSA) is 46.5 Å². The van der Waals surface area contributed by atoms with Gasteiger partial charge in [-0.25, -0.2) is 4.99 Å². The zero-order valence-electron chi connectivity index (χ0n) is 11.7. The van der Waals surface area contributed by atoms with Gasteiger partial charge >= 0.3 is 0 Å². The maximum atomic E-state index is 12.3. The molecule has 1 aromatic carbocycles. The number of rotatable bonds is 2. The molecule has 0 aromatic heterocycles. The zero-order chi connectivity index (χ0) is 17.4. The number of hydrogen-bond acceptors (Lipinski definition) is 2. The minimum Gasteiger partial charge on any atom is -0.290 e. The van der Waals surface area contributed by atoms with Gasteiger partial charge in [-0.15, -0.1) is 23.2 Å². The summed E-state index contributed by atoms with van der Waals surface area (Å²) in [6.45, 7) is 1.39. The average molecular weight is 414 g/mol. The molecule has 122 valence electrons. The summed E-state index contributed by atoms with van der Waals surface area (Å²) >= 11 is 30.4. The average Bonchev–Trinajstić information content (AvgIpc) is 2.52. The number of alkyl halides is 4. The summed E-state index contributed by atoms with van der Waals surface area (Å²) in [6, 6.07) is 8.32. The van der Waals surface area contributed by atoms with Crippen LogP contribution in [-0.2, 0) is 4.79 Å². The van der Waals surface area contributed by atoms with Crippen molar-refractivity contribution in [2.75, 3.05) is 5.88 Å². The lowest BCUT2D eigenvalue weighted by Crippen LogP contribution is -2.55. The van der Waals surface area contributed by atoms with E-state index in [-0.39, 0.29) is 22.2 Å². The Bertz CT molecular complexity index is 723. The fourth-order valence-electron chi connectivity index (χ4n) is 2.07. The van der Waals surface area contributed by atoms with Crippen molar-refractivity contribution in [2.24, 2.45) is 4.99 Å². The SMILES string of the molecule is CC1(Cl)C(=NC(=O)c2ccccc2)C(CCl)=C(Cl)C(=O)C1(Cl)Cl.